The third-order valence-corrected chi connectivity index (χ3v) is 5.40. The van der Waals surface area contributed by atoms with Crippen LogP contribution in [0.1, 0.15) is 44.0 Å². The van der Waals surface area contributed by atoms with E-state index in [1.807, 2.05) is 13.8 Å². The second kappa shape index (κ2) is 10.7. The number of aliphatic hydroxyl groups excluding tert-OH is 2. The van der Waals surface area contributed by atoms with Gasteiger partial charge in [-0.25, -0.2) is 13.8 Å². The minimum absolute atomic E-state index is 0.0342. The van der Waals surface area contributed by atoms with Crippen LogP contribution in [0.15, 0.2) is 48.5 Å². The molecule has 6 nitrogen and oxygen atoms in total. The van der Waals surface area contributed by atoms with Gasteiger partial charge in [-0.05, 0) is 61.0 Å². The topological polar surface area (TPSA) is 95.6 Å². The molecule has 0 aliphatic heterocycles. The first kappa shape index (κ1) is 25.3. The van der Waals surface area contributed by atoms with Crippen LogP contribution in [0.3, 0.4) is 0 Å². The molecule has 180 valence electrons. The molecule has 3 rings (SSSR count). The normalized spacial score (nSPS) is 13.5. The average molecular weight is 471 g/mol. The van der Waals surface area contributed by atoms with E-state index in [9.17, 15) is 23.8 Å². The third kappa shape index (κ3) is 5.95. The zero-order valence-corrected chi connectivity index (χ0v) is 19.2. The Morgan fingerprint density at radius 1 is 1.09 bits per heavy atom. The van der Waals surface area contributed by atoms with Crippen molar-refractivity contribution in [2.24, 2.45) is 0 Å². The Morgan fingerprint density at radius 2 is 1.74 bits per heavy atom. The molecule has 2 aromatic carbocycles. The van der Waals surface area contributed by atoms with Crippen LogP contribution in [-0.4, -0.2) is 43.0 Å². The van der Waals surface area contributed by atoms with Crippen molar-refractivity contribution < 1.29 is 28.9 Å². The highest BCUT2D eigenvalue weighted by Gasteiger charge is 2.22. The highest BCUT2D eigenvalue weighted by Crippen LogP contribution is 2.37. The smallest absolute Gasteiger partial charge is 0.305 e. The van der Waals surface area contributed by atoms with Crippen molar-refractivity contribution in [2.75, 3.05) is 0 Å². The molecule has 2 atom stereocenters. The Kier molecular flexibility index (Phi) is 7.96. The van der Waals surface area contributed by atoms with E-state index in [2.05, 4.69) is 0 Å². The van der Waals surface area contributed by atoms with Crippen molar-refractivity contribution in [2.45, 2.75) is 51.7 Å². The van der Waals surface area contributed by atoms with Gasteiger partial charge in [0.1, 0.15) is 17.5 Å². The van der Waals surface area contributed by atoms with Gasteiger partial charge in [-0.3, -0.25) is 4.79 Å². The molecule has 1 aromatic heterocycles. The summed E-state index contributed by atoms with van der Waals surface area (Å²) < 4.78 is 29.2. The standard InChI is InChI=1S/C26H28F2N2O4/c1-15(2)26-29-24(17-4-6-18(27)7-5-17)25(22-9-8-19(28)12-16(22)3)30(26)11-10-20(31)13-21(32)14-23(33)34/h4-12,15,20-21,31-32H,13-14H2,1-3H3,(H,33,34)/b11-10+/t20-,21-/m1/s1. The van der Waals surface area contributed by atoms with Gasteiger partial charge in [0.2, 0.25) is 0 Å². The first-order valence-corrected chi connectivity index (χ1v) is 11.0. The molecule has 1 heterocycles. The van der Waals surface area contributed by atoms with Crippen LogP contribution >= 0.6 is 0 Å². The maximum absolute atomic E-state index is 13.9. The van der Waals surface area contributed by atoms with Gasteiger partial charge in [0, 0.05) is 29.7 Å². The molecule has 0 amide bonds. The number of benzene rings is 2. The van der Waals surface area contributed by atoms with Crippen LogP contribution in [-0.2, 0) is 4.79 Å². The zero-order chi connectivity index (χ0) is 25.0. The van der Waals surface area contributed by atoms with Crippen molar-refractivity contribution >= 4 is 12.2 Å². The van der Waals surface area contributed by atoms with Crippen molar-refractivity contribution in [3.8, 4) is 22.5 Å². The fraction of sp³-hybridized carbons (Fsp3) is 0.308. The number of halogens is 2. The van der Waals surface area contributed by atoms with E-state index in [4.69, 9.17) is 10.1 Å². The molecule has 0 bridgehead atoms. The quantitative estimate of drug-likeness (QED) is 0.410. The highest BCUT2D eigenvalue weighted by atomic mass is 19.1. The molecule has 34 heavy (non-hydrogen) atoms. The number of aliphatic hydroxyl groups is 2. The number of rotatable bonds is 9. The van der Waals surface area contributed by atoms with Gasteiger partial charge in [-0.1, -0.05) is 13.8 Å². The number of aliphatic carboxylic acids is 1. The van der Waals surface area contributed by atoms with Gasteiger partial charge in [0.15, 0.2) is 0 Å². The fourth-order valence-corrected chi connectivity index (χ4v) is 3.79. The molecule has 0 unspecified atom stereocenters. The minimum Gasteiger partial charge on any atom is -0.481 e. The van der Waals surface area contributed by atoms with Crippen LogP contribution in [0, 0.1) is 18.6 Å². The molecule has 0 spiro atoms. The van der Waals surface area contributed by atoms with E-state index >= 15 is 0 Å². The lowest BCUT2D eigenvalue weighted by molar-refractivity contribution is -0.139. The van der Waals surface area contributed by atoms with E-state index in [0.717, 1.165) is 0 Å². The zero-order valence-electron chi connectivity index (χ0n) is 19.2. The second-order valence-corrected chi connectivity index (χ2v) is 8.55. The highest BCUT2D eigenvalue weighted by molar-refractivity contribution is 5.82. The van der Waals surface area contributed by atoms with E-state index < -0.39 is 24.6 Å². The summed E-state index contributed by atoms with van der Waals surface area (Å²) in [4.78, 5) is 15.6. The average Bonchev–Trinajstić information content (AvgIpc) is 3.11. The second-order valence-electron chi connectivity index (χ2n) is 8.55. The number of imidazole rings is 1. The van der Waals surface area contributed by atoms with E-state index in [1.165, 1.54) is 30.3 Å². The molecule has 0 aliphatic carbocycles. The lowest BCUT2D eigenvalue weighted by atomic mass is 10.0. The number of aryl methyl sites for hydroxylation is 1. The summed E-state index contributed by atoms with van der Waals surface area (Å²) in [5.74, 6) is -1.29. The van der Waals surface area contributed by atoms with E-state index in [1.54, 1.807) is 35.9 Å². The number of hydrogen-bond donors (Lipinski definition) is 3. The monoisotopic (exact) mass is 470 g/mol. The van der Waals surface area contributed by atoms with Crippen molar-refractivity contribution in [3.63, 3.8) is 0 Å². The lowest BCUT2D eigenvalue weighted by Gasteiger charge is -2.14. The third-order valence-electron chi connectivity index (χ3n) is 5.40. The predicted octanol–water partition coefficient (Wildman–Crippen LogP) is 4.98. The van der Waals surface area contributed by atoms with Crippen LogP contribution in [0.25, 0.3) is 28.7 Å². The van der Waals surface area contributed by atoms with Crippen molar-refractivity contribution in [3.05, 3.63) is 71.6 Å². The van der Waals surface area contributed by atoms with Gasteiger partial charge < -0.3 is 19.9 Å². The van der Waals surface area contributed by atoms with Gasteiger partial charge in [-0.2, -0.15) is 0 Å². The Balaban J connectivity index is 2.15. The molecule has 0 aliphatic rings. The first-order valence-electron chi connectivity index (χ1n) is 11.0. The number of carboxylic acid groups (broad SMARTS) is 1. The molecular formula is C26H28F2N2O4. The summed E-state index contributed by atoms with van der Waals surface area (Å²) in [6.07, 6.45) is 0.152. The number of aromatic nitrogens is 2. The molecule has 3 aromatic rings. The minimum atomic E-state index is -1.20. The molecule has 3 N–H and O–H groups in total. The van der Waals surface area contributed by atoms with Crippen molar-refractivity contribution in [1.82, 2.24) is 9.55 Å². The molecular weight excluding hydrogens is 442 g/mol. The predicted molar refractivity (Wildman–Crippen MR) is 126 cm³/mol. The summed E-state index contributed by atoms with van der Waals surface area (Å²) in [5, 5.41) is 29.0. The number of hydrogen-bond acceptors (Lipinski definition) is 4. The van der Waals surface area contributed by atoms with E-state index in [-0.39, 0.29) is 24.0 Å². The maximum Gasteiger partial charge on any atom is 0.305 e. The van der Waals surface area contributed by atoms with Crippen LogP contribution in [0.2, 0.25) is 0 Å². The SMILES string of the molecule is Cc1cc(F)ccc1-c1c(-c2ccc(F)cc2)nc(C(C)C)n1/C=C/[C@@H](O)C[C@@H](O)CC(=O)O. The Hall–Kier alpha value is -3.36. The van der Waals surface area contributed by atoms with Gasteiger partial charge in [0.25, 0.3) is 0 Å². The molecule has 0 fully saturated rings. The summed E-state index contributed by atoms with van der Waals surface area (Å²) in [7, 11) is 0. The fourth-order valence-electron chi connectivity index (χ4n) is 3.79. The Bertz CT molecular complexity index is 1190. The molecule has 0 saturated carbocycles. The molecule has 0 radical (unpaired) electrons. The lowest BCUT2D eigenvalue weighted by Crippen LogP contribution is -2.19. The summed E-state index contributed by atoms with van der Waals surface area (Å²) in [6.45, 7) is 5.69. The van der Waals surface area contributed by atoms with Crippen LogP contribution < -0.4 is 0 Å². The largest absolute Gasteiger partial charge is 0.481 e. The van der Waals surface area contributed by atoms with Crippen LogP contribution in [0.4, 0.5) is 8.78 Å². The number of carboxylic acids is 1. The summed E-state index contributed by atoms with van der Waals surface area (Å²) in [5.41, 5.74) is 3.27. The van der Waals surface area contributed by atoms with Crippen molar-refractivity contribution in [1.29, 1.82) is 0 Å². The Labute approximate surface area is 196 Å². The first-order chi connectivity index (χ1) is 16.1. The van der Waals surface area contributed by atoms with Crippen LogP contribution in [0.5, 0.6) is 0 Å². The maximum atomic E-state index is 13.9. The summed E-state index contributed by atoms with van der Waals surface area (Å²) in [6, 6.07) is 10.3. The van der Waals surface area contributed by atoms with Gasteiger partial charge >= 0.3 is 5.97 Å². The van der Waals surface area contributed by atoms with E-state index in [0.29, 0.717) is 33.9 Å². The van der Waals surface area contributed by atoms with Gasteiger partial charge in [0.05, 0.1) is 30.0 Å². The van der Waals surface area contributed by atoms with Gasteiger partial charge in [-0.15, -0.1) is 0 Å². The number of carbonyl (C=O) groups is 1. The number of nitrogens with zero attached hydrogens (tertiary/aromatic N) is 2. The molecule has 0 saturated heterocycles. The molecule has 8 heteroatoms. The Morgan fingerprint density at radius 3 is 2.32 bits per heavy atom. The summed E-state index contributed by atoms with van der Waals surface area (Å²) >= 11 is 0.